The van der Waals surface area contributed by atoms with Crippen LogP contribution in [0.1, 0.15) is 76.1 Å². The molecular formula is C27H41N3O3. The molecule has 182 valence electrons. The van der Waals surface area contributed by atoms with Gasteiger partial charge in [-0.15, -0.1) is 0 Å². The van der Waals surface area contributed by atoms with E-state index in [1.165, 1.54) is 25.7 Å². The van der Waals surface area contributed by atoms with E-state index in [2.05, 4.69) is 23.7 Å². The number of nitrogens with zero attached hydrogens (tertiary/aromatic N) is 3. The second kappa shape index (κ2) is 8.60. The summed E-state index contributed by atoms with van der Waals surface area (Å²) in [6, 6.07) is 0. The number of hydrogen-bond acceptors (Lipinski definition) is 5. The number of methoxy groups -OCH3 is 1. The van der Waals surface area contributed by atoms with Crippen LogP contribution in [0.25, 0.3) is 6.08 Å². The minimum Gasteiger partial charge on any atom is -0.387 e. The summed E-state index contributed by atoms with van der Waals surface area (Å²) >= 11 is 0. The van der Waals surface area contributed by atoms with Gasteiger partial charge in [0.1, 0.15) is 12.2 Å². The van der Waals surface area contributed by atoms with Crippen LogP contribution < -0.4 is 0 Å². The molecule has 0 spiro atoms. The van der Waals surface area contributed by atoms with Crippen molar-refractivity contribution in [3.63, 3.8) is 0 Å². The first-order chi connectivity index (χ1) is 15.8. The Kier molecular flexibility index (Phi) is 6.05. The maximum atomic E-state index is 13.4. The van der Waals surface area contributed by atoms with Crippen molar-refractivity contribution in [3.8, 4) is 0 Å². The van der Waals surface area contributed by atoms with E-state index in [-0.39, 0.29) is 17.9 Å². The summed E-state index contributed by atoms with van der Waals surface area (Å²) in [5.41, 5.74) is 1.08. The van der Waals surface area contributed by atoms with E-state index in [0.29, 0.717) is 24.2 Å². The number of Topliss-reactive ketones (excluding diaryl/α,β-unsaturated/α-hetero) is 1. The number of ether oxygens (including phenoxy) is 1. The fourth-order valence-corrected chi connectivity index (χ4v) is 8.84. The van der Waals surface area contributed by atoms with Crippen LogP contribution in [0.15, 0.2) is 6.58 Å². The second-order valence-corrected chi connectivity index (χ2v) is 11.9. The molecule has 0 bridgehead atoms. The van der Waals surface area contributed by atoms with Gasteiger partial charge in [0, 0.05) is 13.0 Å². The molecule has 0 unspecified atom stereocenters. The number of ketones is 1. The Morgan fingerprint density at radius 3 is 2.67 bits per heavy atom. The van der Waals surface area contributed by atoms with Gasteiger partial charge in [0.05, 0.1) is 17.9 Å². The Labute approximate surface area is 198 Å². The lowest BCUT2D eigenvalue weighted by molar-refractivity contribution is -0.137. The highest BCUT2D eigenvalue weighted by atomic mass is 16.5. The largest absolute Gasteiger partial charge is 0.387 e. The zero-order valence-electron chi connectivity index (χ0n) is 20.6. The number of carbonyl (C=O) groups is 1. The molecule has 0 radical (unpaired) electrons. The van der Waals surface area contributed by atoms with Crippen LogP contribution in [-0.4, -0.2) is 45.2 Å². The van der Waals surface area contributed by atoms with E-state index < -0.39 is 5.60 Å². The van der Waals surface area contributed by atoms with E-state index in [1.54, 1.807) is 18.0 Å². The fourth-order valence-electron chi connectivity index (χ4n) is 8.84. The first-order valence-electron chi connectivity index (χ1n) is 13.1. The maximum absolute atomic E-state index is 13.4. The highest BCUT2D eigenvalue weighted by Gasteiger charge is 2.59. The normalized spacial score (nSPS) is 42.3. The molecule has 1 aromatic heterocycles. The van der Waals surface area contributed by atoms with E-state index in [4.69, 9.17) is 4.74 Å². The summed E-state index contributed by atoms with van der Waals surface area (Å²) < 4.78 is 5.33. The zero-order valence-corrected chi connectivity index (χ0v) is 20.6. The zero-order chi connectivity index (χ0) is 23.4. The molecule has 0 saturated heterocycles. The standard InChI is InChI=1S/C27H41N3O3/c1-5-24-17(2)28-30(29-24)15-25(31)23-9-8-22-21-7-6-18-14-27(32,16-33-4)13-11-19(18)20(21)10-12-26(22,23)3/h5,18-23,32H,1,6-16H2,2-4H3/t18-,19+,20-,21-,22+,23-,26+,27-/m1/s1. The number of aromatic nitrogens is 3. The third-order valence-corrected chi connectivity index (χ3v) is 10.3. The van der Waals surface area contributed by atoms with Gasteiger partial charge in [-0.25, -0.2) is 0 Å². The number of fused-ring (bicyclic) bond motifs is 5. The van der Waals surface area contributed by atoms with Crippen LogP contribution >= 0.6 is 0 Å². The average molecular weight is 456 g/mol. The molecule has 4 aliphatic carbocycles. The number of aryl methyl sites for hydroxylation is 1. The third-order valence-electron chi connectivity index (χ3n) is 10.3. The molecule has 1 N–H and O–H groups in total. The lowest BCUT2D eigenvalue weighted by Gasteiger charge is -2.57. The molecule has 0 aliphatic heterocycles. The van der Waals surface area contributed by atoms with Crippen LogP contribution in [0.3, 0.4) is 0 Å². The smallest absolute Gasteiger partial charge is 0.159 e. The van der Waals surface area contributed by atoms with Crippen LogP contribution in [0.5, 0.6) is 0 Å². The summed E-state index contributed by atoms with van der Waals surface area (Å²) in [5.74, 6) is 3.98. The van der Waals surface area contributed by atoms with Crippen molar-refractivity contribution in [2.45, 2.75) is 83.8 Å². The van der Waals surface area contributed by atoms with Crippen molar-refractivity contribution in [1.82, 2.24) is 15.0 Å². The predicted molar refractivity (Wildman–Crippen MR) is 127 cm³/mol. The molecule has 4 aliphatic rings. The Morgan fingerprint density at radius 2 is 1.94 bits per heavy atom. The highest BCUT2D eigenvalue weighted by molar-refractivity contribution is 5.82. The summed E-state index contributed by atoms with van der Waals surface area (Å²) in [4.78, 5) is 15.0. The van der Waals surface area contributed by atoms with E-state index in [0.717, 1.165) is 61.2 Å². The average Bonchev–Trinajstić information content (AvgIpc) is 3.31. The van der Waals surface area contributed by atoms with Gasteiger partial charge >= 0.3 is 0 Å². The molecule has 4 fully saturated rings. The second-order valence-electron chi connectivity index (χ2n) is 11.9. The summed E-state index contributed by atoms with van der Waals surface area (Å²) in [6.07, 6.45) is 11.7. The number of aliphatic hydroxyl groups is 1. The van der Waals surface area contributed by atoms with Crippen LogP contribution in [0.4, 0.5) is 0 Å². The first kappa shape index (κ1) is 23.2. The van der Waals surface area contributed by atoms with Crippen molar-refractivity contribution >= 4 is 11.9 Å². The minimum atomic E-state index is -0.624. The van der Waals surface area contributed by atoms with Gasteiger partial charge < -0.3 is 9.84 Å². The van der Waals surface area contributed by atoms with Gasteiger partial charge in [-0.05, 0) is 106 Å². The third kappa shape index (κ3) is 3.91. The molecule has 8 atom stereocenters. The molecule has 5 rings (SSSR count). The number of hydrogen-bond donors (Lipinski definition) is 1. The van der Waals surface area contributed by atoms with E-state index in [9.17, 15) is 9.90 Å². The van der Waals surface area contributed by atoms with Crippen molar-refractivity contribution in [2.75, 3.05) is 13.7 Å². The lowest BCUT2D eigenvalue weighted by atomic mass is 9.49. The Hall–Kier alpha value is -1.53. The molecule has 4 saturated carbocycles. The molecule has 6 nitrogen and oxygen atoms in total. The Balaban J connectivity index is 1.28. The van der Waals surface area contributed by atoms with Gasteiger partial charge in [-0.3, -0.25) is 4.79 Å². The molecular weight excluding hydrogens is 414 g/mol. The molecule has 33 heavy (non-hydrogen) atoms. The maximum Gasteiger partial charge on any atom is 0.159 e. The van der Waals surface area contributed by atoms with Crippen LogP contribution in [0.2, 0.25) is 0 Å². The Morgan fingerprint density at radius 1 is 1.15 bits per heavy atom. The highest BCUT2D eigenvalue weighted by Crippen LogP contribution is 2.64. The van der Waals surface area contributed by atoms with Crippen LogP contribution in [-0.2, 0) is 16.1 Å². The SMILES string of the molecule is C=Cc1nn(CC(=O)[C@H]2CC[C@H]3[C@@H]4CC[C@@H]5C[C@@](O)(COC)CC[C@@H]5[C@H]4CC[C@]23C)nc1C. The molecule has 0 amide bonds. The summed E-state index contributed by atoms with van der Waals surface area (Å²) in [7, 11) is 1.70. The first-order valence-corrected chi connectivity index (χ1v) is 13.1. The number of carbonyl (C=O) groups excluding carboxylic acids is 1. The van der Waals surface area contributed by atoms with Crippen molar-refractivity contribution in [3.05, 3.63) is 18.0 Å². The fraction of sp³-hybridized carbons (Fsp3) is 0.815. The van der Waals surface area contributed by atoms with Gasteiger partial charge in [0.25, 0.3) is 0 Å². The lowest BCUT2D eigenvalue weighted by Crippen LogP contribution is -2.52. The predicted octanol–water partition coefficient (Wildman–Crippen LogP) is 4.44. The van der Waals surface area contributed by atoms with Crippen molar-refractivity contribution < 1.29 is 14.6 Å². The number of rotatable bonds is 6. The molecule has 0 aromatic carbocycles. The van der Waals surface area contributed by atoms with E-state index in [1.807, 2.05) is 6.92 Å². The summed E-state index contributed by atoms with van der Waals surface area (Å²) in [5, 5.41) is 19.8. The molecule has 6 heteroatoms. The Bertz CT molecular complexity index is 912. The van der Waals surface area contributed by atoms with Crippen molar-refractivity contribution in [1.29, 1.82) is 0 Å². The van der Waals surface area contributed by atoms with Crippen molar-refractivity contribution in [2.24, 2.45) is 40.9 Å². The van der Waals surface area contributed by atoms with Gasteiger partial charge in [0.15, 0.2) is 5.78 Å². The topological polar surface area (TPSA) is 77.2 Å². The molecule has 1 aromatic rings. The quantitative estimate of drug-likeness (QED) is 0.686. The summed E-state index contributed by atoms with van der Waals surface area (Å²) in [6.45, 7) is 8.85. The molecule has 1 heterocycles. The van der Waals surface area contributed by atoms with Crippen LogP contribution in [0, 0.1) is 47.8 Å². The van der Waals surface area contributed by atoms with Gasteiger partial charge in [0.2, 0.25) is 0 Å². The van der Waals surface area contributed by atoms with E-state index >= 15 is 0 Å². The van der Waals surface area contributed by atoms with Gasteiger partial charge in [-0.2, -0.15) is 15.0 Å². The van der Waals surface area contributed by atoms with Gasteiger partial charge in [-0.1, -0.05) is 13.5 Å². The minimum absolute atomic E-state index is 0.111. The monoisotopic (exact) mass is 455 g/mol.